The first kappa shape index (κ1) is 8.93. The van der Waals surface area contributed by atoms with E-state index in [-0.39, 0.29) is 6.03 Å². The lowest BCUT2D eigenvalue weighted by Gasteiger charge is -2.09. The highest BCUT2D eigenvalue weighted by molar-refractivity contribution is 5.76. The van der Waals surface area contributed by atoms with Crippen molar-refractivity contribution in [1.82, 2.24) is 10.6 Å². The Bertz CT molecular complexity index is 381. The van der Waals surface area contributed by atoms with Crippen LogP contribution in [-0.2, 0) is 0 Å². The van der Waals surface area contributed by atoms with E-state index >= 15 is 0 Å². The van der Waals surface area contributed by atoms with Crippen molar-refractivity contribution in [1.29, 1.82) is 0 Å². The van der Waals surface area contributed by atoms with Gasteiger partial charge in [-0.05, 0) is 6.07 Å². The summed E-state index contributed by atoms with van der Waals surface area (Å²) in [6, 6.07) is 2.56. The van der Waals surface area contributed by atoms with Gasteiger partial charge in [0.05, 0.1) is 6.04 Å². The van der Waals surface area contributed by atoms with E-state index < -0.39 is 17.7 Å². The number of carbonyl (C=O) groups is 1. The minimum absolute atomic E-state index is 0.296. The molecule has 0 bridgehead atoms. The number of amides is 2. The summed E-state index contributed by atoms with van der Waals surface area (Å²) in [5.41, 5.74) is 0.296. The molecule has 0 saturated carbocycles. The Kier molecular flexibility index (Phi) is 2.07. The second-order valence-electron chi connectivity index (χ2n) is 3.07. The summed E-state index contributed by atoms with van der Waals surface area (Å²) in [7, 11) is 0. The lowest BCUT2D eigenvalue weighted by molar-refractivity contribution is 0.247. The number of nitrogens with one attached hydrogen (secondary N) is 2. The van der Waals surface area contributed by atoms with Crippen LogP contribution in [0.3, 0.4) is 0 Å². The lowest BCUT2D eigenvalue weighted by atomic mass is 10.1. The molecule has 1 atom stereocenters. The second-order valence-corrected chi connectivity index (χ2v) is 3.07. The number of carbonyl (C=O) groups excluding carboxylic acids is 1. The first-order valence-corrected chi connectivity index (χ1v) is 4.16. The van der Waals surface area contributed by atoms with Gasteiger partial charge >= 0.3 is 6.03 Å². The first-order chi connectivity index (χ1) is 6.66. The maximum Gasteiger partial charge on any atom is 0.315 e. The summed E-state index contributed by atoms with van der Waals surface area (Å²) < 4.78 is 25.8. The van der Waals surface area contributed by atoms with Crippen molar-refractivity contribution in [3.8, 4) is 0 Å². The van der Waals surface area contributed by atoms with E-state index in [2.05, 4.69) is 10.6 Å². The molecule has 14 heavy (non-hydrogen) atoms. The topological polar surface area (TPSA) is 41.1 Å². The van der Waals surface area contributed by atoms with Crippen molar-refractivity contribution in [2.45, 2.75) is 6.04 Å². The van der Waals surface area contributed by atoms with Gasteiger partial charge in [0.2, 0.25) is 0 Å². The summed E-state index contributed by atoms with van der Waals surface area (Å²) in [5, 5.41) is 5.02. The Morgan fingerprint density at radius 2 is 2.14 bits per heavy atom. The summed E-state index contributed by atoms with van der Waals surface area (Å²) in [6.45, 7) is 0.321. The minimum Gasteiger partial charge on any atom is -0.336 e. The number of rotatable bonds is 1. The van der Waals surface area contributed by atoms with Gasteiger partial charge in [-0.25, -0.2) is 13.6 Å². The Hall–Kier alpha value is -1.65. The van der Waals surface area contributed by atoms with Gasteiger partial charge in [0.1, 0.15) is 11.6 Å². The third kappa shape index (κ3) is 1.53. The quantitative estimate of drug-likeness (QED) is 0.702. The zero-order valence-corrected chi connectivity index (χ0v) is 7.18. The molecule has 2 amide bonds. The highest BCUT2D eigenvalue weighted by Crippen LogP contribution is 2.19. The fourth-order valence-electron chi connectivity index (χ4n) is 1.43. The van der Waals surface area contributed by atoms with Gasteiger partial charge in [-0.3, -0.25) is 0 Å². The van der Waals surface area contributed by atoms with Crippen molar-refractivity contribution in [2.75, 3.05) is 6.54 Å². The smallest absolute Gasteiger partial charge is 0.315 e. The van der Waals surface area contributed by atoms with Gasteiger partial charge in [0.25, 0.3) is 0 Å². The van der Waals surface area contributed by atoms with Crippen LogP contribution in [0.1, 0.15) is 11.6 Å². The van der Waals surface area contributed by atoms with E-state index in [1.807, 2.05) is 0 Å². The summed E-state index contributed by atoms with van der Waals surface area (Å²) >= 11 is 0. The molecule has 1 fully saturated rings. The second kappa shape index (κ2) is 3.25. The third-order valence-corrected chi connectivity index (χ3v) is 2.11. The lowest BCUT2D eigenvalue weighted by Crippen LogP contribution is -2.22. The van der Waals surface area contributed by atoms with Gasteiger partial charge in [0, 0.05) is 18.2 Å². The van der Waals surface area contributed by atoms with Crippen molar-refractivity contribution >= 4 is 6.03 Å². The van der Waals surface area contributed by atoms with Crippen LogP contribution in [0.5, 0.6) is 0 Å². The summed E-state index contributed by atoms with van der Waals surface area (Å²) in [4.78, 5) is 10.8. The van der Waals surface area contributed by atoms with Crippen molar-refractivity contribution in [3.05, 3.63) is 35.4 Å². The molecule has 3 nitrogen and oxygen atoms in total. The normalized spacial score (nSPS) is 20.4. The average molecular weight is 198 g/mol. The van der Waals surface area contributed by atoms with E-state index in [9.17, 15) is 13.6 Å². The predicted molar refractivity (Wildman–Crippen MR) is 45.6 cm³/mol. The standard InChI is InChI=1S/C9H8F2N2O/c10-5-1-2-6(7(11)3-5)8-4-12-9(14)13-8/h1-3,8H,4H2,(H2,12,13,14)/t8-/m1/s1. The van der Waals surface area contributed by atoms with E-state index in [1.54, 1.807) is 0 Å². The summed E-state index contributed by atoms with van der Waals surface area (Å²) in [5.74, 6) is -1.26. The Labute approximate surface area is 79.1 Å². The van der Waals surface area contributed by atoms with E-state index in [4.69, 9.17) is 0 Å². The molecule has 0 aromatic heterocycles. The van der Waals surface area contributed by atoms with Crippen LogP contribution in [0.2, 0.25) is 0 Å². The van der Waals surface area contributed by atoms with Crippen molar-refractivity contribution < 1.29 is 13.6 Å². The maximum absolute atomic E-state index is 13.2. The molecule has 0 unspecified atom stereocenters. The number of benzene rings is 1. The van der Waals surface area contributed by atoms with Crippen LogP contribution in [0, 0.1) is 11.6 Å². The molecule has 74 valence electrons. The van der Waals surface area contributed by atoms with Crippen LogP contribution in [0.25, 0.3) is 0 Å². The van der Waals surface area contributed by atoms with Crippen LogP contribution in [0.4, 0.5) is 13.6 Å². The fourth-order valence-corrected chi connectivity index (χ4v) is 1.43. The highest BCUT2D eigenvalue weighted by Gasteiger charge is 2.23. The monoisotopic (exact) mass is 198 g/mol. The molecule has 1 aliphatic heterocycles. The third-order valence-electron chi connectivity index (χ3n) is 2.11. The predicted octanol–water partition coefficient (Wildman–Crippen LogP) is 1.32. The molecule has 2 rings (SSSR count). The Balaban J connectivity index is 2.28. The molecule has 0 aliphatic carbocycles. The zero-order valence-electron chi connectivity index (χ0n) is 7.18. The fraction of sp³-hybridized carbons (Fsp3) is 0.222. The molecule has 0 spiro atoms. The molecular formula is C9H8F2N2O. The Morgan fingerprint density at radius 3 is 2.71 bits per heavy atom. The molecule has 0 radical (unpaired) electrons. The van der Waals surface area contributed by atoms with E-state index in [0.717, 1.165) is 6.07 Å². The molecule has 1 aromatic carbocycles. The van der Waals surface area contributed by atoms with Gasteiger partial charge in [-0.1, -0.05) is 6.07 Å². The average Bonchev–Trinajstić information content (AvgIpc) is 2.51. The largest absolute Gasteiger partial charge is 0.336 e. The van der Waals surface area contributed by atoms with Crippen LogP contribution in [-0.4, -0.2) is 12.6 Å². The van der Waals surface area contributed by atoms with E-state index in [1.165, 1.54) is 12.1 Å². The molecule has 1 aliphatic rings. The minimum atomic E-state index is -0.640. The van der Waals surface area contributed by atoms with Gasteiger partial charge in [-0.2, -0.15) is 0 Å². The van der Waals surface area contributed by atoms with Gasteiger partial charge in [-0.15, -0.1) is 0 Å². The van der Waals surface area contributed by atoms with Crippen LogP contribution in [0.15, 0.2) is 18.2 Å². The van der Waals surface area contributed by atoms with Crippen molar-refractivity contribution in [3.63, 3.8) is 0 Å². The van der Waals surface area contributed by atoms with Crippen molar-refractivity contribution in [2.24, 2.45) is 0 Å². The molecule has 1 heterocycles. The van der Waals surface area contributed by atoms with Crippen LogP contribution < -0.4 is 10.6 Å². The highest BCUT2D eigenvalue weighted by atomic mass is 19.1. The number of halogens is 2. The van der Waals surface area contributed by atoms with E-state index in [0.29, 0.717) is 12.1 Å². The van der Waals surface area contributed by atoms with Gasteiger partial charge < -0.3 is 10.6 Å². The number of hydrogen-bond acceptors (Lipinski definition) is 1. The van der Waals surface area contributed by atoms with Gasteiger partial charge in [0.15, 0.2) is 0 Å². The molecular weight excluding hydrogens is 190 g/mol. The SMILES string of the molecule is O=C1NC[C@H](c2ccc(F)cc2F)N1. The van der Waals surface area contributed by atoms with Crippen LogP contribution >= 0.6 is 0 Å². The molecule has 5 heteroatoms. The zero-order chi connectivity index (χ0) is 10.1. The maximum atomic E-state index is 13.2. The molecule has 1 saturated heterocycles. The number of hydrogen-bond donors (Lipinski definition) is 2. The Morgan fingerprint density at radius 1 is 1.36 bits per heavy atom. The first-order valence-electron chi connectivity index (χ1n) is 4.16. The number of urea groups is 1. The molecule has 1 aromatic rings. The molecule has 2 N–H and O–H groups in total. The summed E-state index contributed by atoms with van der Waals surface area (Å²) in [6.07, 6.45) is 0.